The second-order valence-corrected chi connectivity index (χ2v) is 3.34. The van der Waals surface area contributed by atoms with Gasteiger partial charge in [-0.2, -0.15) is 0 Å². The van der Waals surface area contributed by atoms with E-state index >= 15 is 0 Å². The molecule has 2 heteroatoms. The normalized spacial score (nSPS) is 8.50. The molecule has 0 aliphatic carbocycles. The Morgan fingerprint density at radius 1 is 1.19 bits per heavy atom. The van der Waals surface area contributed by atoms with Crippen molar-refractivity contribution in [2.75, 3.05) is 6.61 Å². The average Bonchev–Trinajstić information content (AvgIpc) is 2.32. The van der Waals surface area contributed by atoms with E-state index in [0.29, 0.717) is 5.92 Å². The van der Waals surface area contributed by atoms with Gasteiger partial charge in [-0.25, -0.2) is 0 Å². The summed E-state index contributed by atoms with van der Waals surface area (Å²) >= 11 is 0. The van der Waals surface area contributed by atoms with Crippen LogP contribution in [-0.4, -0.2) is 11.6 Å². The predicted octanol–water partition coefficient (Wildman–Crippen LogP) is 4.48. The Morgan fingerprint density at radius 2 is 1.75 bits per heavy atom. The lowest BCUT2D eigenvalue weighted by Crippen LogP contribution is -2.04. The predicted molar refractivity (Wildman–Crippen MR) is 72.0 cm³/mol. The van der Waals surface area contributed by atoms with E-state index in [9.17, 15) is 0 Å². The Balaban J connectivity index is 0. The third kappa shape index (κ3) is 9.50. The quantitative estimate of drug-likeness (QED) is 0.756. The summed E-state index contributed by atoms with van der Waals surface area (Å²) in [6, 6.07) is 3.83. The highest BCUT2D eigenvalue weighted by Crippen LogP contribution is 2.10. The van der Waals surface area contributed by atoms with Gasteiger partial charge in [-0.05, 0) is 18.9 Å². The molecule has 0 fully saturated rings. The van der Waals surface area contributed by atoms with E-state index in [1.165, 1.54) is 0 Å². The molecule has 0 saturated heterocycles. The molecule has 1 heterocycles. The van der Waals surface area contributed by atoms with Gasteiger partial charge in [-0.3, -0.25) is 4.98 Å². The van der Waals surface area contributed by atoms with Crippen LogP contribution in [0, 0.1) is 12.8 Å². The fourth-order valence-electron chi connectivity index (χ4n) is 0.872. The van der Waals surface area contributed by atoms with E-state index in [4.69, 9.17) is 4.74 Å². The maximum atomic E-state index is 5.51. The molecule has 0 bridgehead atoms. The minimum Gasteiger partial charge on any atom is -0.493 e. The van der Waals surface area contributed by atoms with Gasteiger partial charge in [0.2, 0.25) is 0 Å². The smallest absolute Gasteiger partial charge is 0.122 e. The third-order valence-electron chi connectivity index (χ3n) is 1.45. The zero-order valence-electron chi connectivity index (χ0n) is 11.9. The van der Waals surface area contributed by atoms with Crippen LogP contribution in [0.2, 0.25) is 0 Å². The summed E-state index contributed by atoms with van der Waals surface area (Å²) in [5.74, 6) is 1.48. The number of aryl methyl sites for hydroxylation is 1. The van der Waals surface area contributed by atoms with Crippen molar-refractivity contribution in [3.63, 3.8) is 0 Å². The van der Waals surface area contributed by atoms with E-state index in [2.05, 4.69) is 18.8 Å². The number of ether oxygens (including phenoxy) is 1. The SMILES string of the molecule is CC.CC.Cc1cc(OCC(C)C)ccn1. The van der Waals surface area contributed by atoms with Crippen molar-refractivity contribution in [3.8, 4) is 5.75 Å². The highest BCUT2D eigenvalue weighted by molar-refractivity contribution is 5.21. The second-order valence-electron chi connectivity index (χ2n) is 3.34. The van der Waals surface area contributed by atoms with Crippen LogP contribution in [0.4, 0.5) is 0 Å². The maximum absolute atomic E-state index is 5.51. The molecule has 1 aromatic rings. The van der Waals surface area contributed by atoms with Crippen molar-refractivity contribution < 1.29 is 4.74 Å². The standard InChI is InChI=1S/C10H15NO.2C2H6/c1-8(2)7-12-10-4-5-11-9(3)6-10;2*1-2/h4-6,8H,7H2,1-3H3;2*1-2H3. The fourth-order valence-corrected chi connectivity index (χ4v) is 0.872. The Kier molecular flexibility index (Phi) is 13.0. The van der Waals surface area contributed by atoms with Crippen LogP contribution in [0.1, 0.15) is 47.2 Å². The first-order valence-corrected chi connectivity index (χ1v) is 6.24. The fraction of sp³-hybridized carbons (Fsp3) is 0.643. The molecular formula is C14H27NO. The van der Waals surface area contributed by atoms with Gasteiger partial charge in [-0.15, -0.1) is 0 Å². The lowest BCUT2D eigenvalue weighted by molar-refractivity contribution is 0.270. The minimum atomic E-state index is 0.568. The molecule has 0 aliphatic rings. The van der Waals surface area contributed by atoms with Gasteiger partial charge >= 0.3 is 0 Å². The molecule has 1 aromatic heterocycles. The zero-order chi connectivity index (χ0) is 13.0. The van der Waals surface area contributed by atoms with Gasteiger partial charge in [0.05, 0.1) is 6.61 Å². The summed E-state index contributed by atoms with van der Waals surface area (Å²) < 4.78 is 5.51. The highest BCUT2D eigenvalue weighted by Gasteiger charge is 1.96. The summed E-state index contributed by atoms with van der Waals surface area (Å²) in [6.07, 6.45) is 1.77. The van der Waals surface area contributed by atoms with Crippen molar-refractivity contribution in [2.24, 2.45) is 5.92 Å². The third-order valence-corrected chi connectivity index (χ3v) is 1.45. The van der Waals surface area contributed by atoms with E-state index in [0.717, 1.165) is 18.1 Å². The summed E-state index contributed by atoms with van der Waals surface area (Å²) in [5, 5.41) is 0. The Bertz CT molecular complexity index is 246. The first-order chi connectivity index (χ1) is 7.68. The van der Waals surface area contributed by atoms with Gasteiger partial charge in [0.15, 0.2) is 0 Å². The average molecular weight is 225 g/mol. The van der Waals surface area contributed by atoms with Crippen LogP contribution >= 0.6 is 0 Å². The van der Waals surface area contributed by atoms with Crippen molar-refractivity contribution in [1.29, 1.82) is 0 Å². The van der Waals surface area contributed by atoms with E-state index < -0.39 is 0 Å². The summed E-state index contributed by atoms with van der Waals surface area (Å²) in [4.78, 5) is 4.09. The molecule has 0 unspecified atom stereocenters. The van der Waals surface area contributed by atoms with Gasteiger partial charge < -0.3 is 4.74 Å². The lowest BCUT2D eigenvalue weighted by atomic mass is 10.2. The molecule has 16 heavy (non-hydrogen) atoms. The molecule has 0 radical (unpaired) electrons. The topological polar surface area (TPSA) is 22.1 Å². The maximum Gasteiger partial charge on any atom is 0.122 e. The number of nitrogens with zero attached hydrogens (tertiary/aromatic N) is 1. The van der Waals surface area contributed by atoms with Crippen molar-refractivity contribution in [3.05, 3.63) is 24.0 Å². The monoisotopic (exact) mass is 225 g/mol. The van der Waals surface area contributed by atoms with Crippen LogP contribution in [0.5, 0.6) is 5.75 Å². The summed E-state index contributed by atoms with van der Waals surface area (Å²) in [7, 11) is 0. The molecule has 1 rings (SSSR count). The zero-order valence-corrected chi connectivity index (χ0v) is 11.9. The first-order valence-electron chi connectivity index (χ1n) is 6.24. The number of rotatable bonds is 3. The van der Waals surface area contributed by atoms with Gasteiger partial charge in [0.1, 0.15) is 5.75 Å². The van der Waals surface area contributed by atoms with Gasteiger partial charge in [0, 0.05) is 18.0 Å². The molecule has 0 spiro atoms. The van der Waals surface area contributed by atoms with Crippen LogP contribution in [0.3, 0.4) is 0 Å². The van der Waals surface area contributed by atoms with Crippen molar-refractivity contribution in [2.45, 2.75) is 48.5 Å². The number of aromatic nitrogens is 1. The van der Waals surface area contributed by atoms with Gasteiger partial charge in [-0.1, -0.05) is 41.5 Å². The van der Waals surface area contributed by atoms with Crippen molar-refractivity contribution in [1.82, 2.24) is 4.98 Å². The molecule has 0 saturated carbocycles. The molecule has 2 nitrogen and oxygen atoms in total. The number of hydrogen-bond acceptors (Lipinski definition) is 2. The molecule has 94 valence electrons. The molecule has 0 amide bonds. The molecule has 0 aromatic carbocycles. The van der Waals surface area contributed by atoms with Crippen LogP contribution in [0.15, 0.2) is 18.3 Å². The van der Waals surface area contributed by atoms with Crippen LogP contribution in [0.25, 0.3) is 0 Å². The first kappa shape index (κ1) is 17.3. The lowest BCUT2D eigenvalue weighted by Gasteiger charge is -2.08. The number of pyridine rings is 1. The van der Waals surface area contributed by atoms with E-state index in [-0.39, 0.29) is 0 Å². The largest absolute Gasteiger partial charge is 0.493 e. The summed E-state index contributed by atoms with van der Waals surface area (Å²) in [6.45, 7) is 15.0. The molecular weight excluding hydrogens is 198 g/mol. The van der Waals surface area contributed by atoms with Crippen LogP contribution in [-0.2, 0) is 0 Å². The number of hydrogen-bond donors (Lipinski definition) is 0. The Labute approximate surface area is 101 Å². The van der Waals surface area contributed by atoms with Crippen molar-refractivity contribution >= 4 is 0 Å². The summed E-state index contributed by atoms with van der Waals surface area (Å²) in [5.41, 5.74) is 0.997. The molecule has 0 aliphatic heterocycles. The molecule has 0 atom stereocenters. The van der Waals surface area contributed by atoms with E-state index in [1.807, 2.05) is 46.8 Å². The van der Waals surface area contributed by atoms with Crippen LogP contribution < -0.4 is 4.74 Å². The van der Waals surface area contributed by atoms with E-state index in [1.54, 1.807) is 6.20 Å². The van der Waals surface area contributed by atoms with Gasteiger partial charge in [0.25, 0.3) is 0 Å². The molecule has 0 N–H and O–H groups in total. The Morgan fingerprint density at radius 3 is 2.19 bits per heavy atom. The Hall–Kier alpha value is -1.05. The highest BCUT2D eigenvalue weighted by atomic mass is 16.5. The second kappa shape index (κ2) is 12.0. The minimum absolute atomic E-state index is 0.568.